The molecule has 0 saturated carbocycles. The van der Waals surface area contributed by atoms with Gasteiger partial charge in [-0.1, -0.05) is 62.4 Å². The monoisotopic (exact) mass is 579 g/mol. The van der Waals surface area contributed by atoms with E-state index >= 15 is 0 Å². The summed E-state index contributed by atoms with van der Waals surface area (Å²) in [7, 11) is 0. The molecule has 0 unspecified atom stereocenters. The van der Waals surface area contributed by atoms with Crippen LogP contribution in [0.3, 0.4) is 0 Å². The zero-order chi connectivity index (χ0) is 30.4. The highest BCUT2D eigenvalue weighted by molar-refractivity contribution is 5.93. The highest BCUT2D eigenvalue weighted by Crippen LogP contribution is 2.44. The molecule has 2 aliphatic rings. The lowest BCUT2D eigenvalue weighted by Crippen LogP contribution is -2.55. The number of ether oxygens (including phenoxy) is 1. The van der Waals surface area contributed by atoms with Crippen LogP contribution in [0.1, 0.15) is 63.0 Å². The second-order valence-corrected chi connectivity index (χ2v) is 11.2. The van der Waals surface area contributed by atoms with Crippen molar-refractivity contribution in [2.75, 3.05) is 13.2 Å². The molecule has 0 aromatic heterocycles. The molecule has 42 heavy (non-hydrogen) atoms. The van der Waals surface area contributed by atoms with Crippen LogP contribution in [0.25, 0.3) is 11.1 Å². The van der Waals surface area contributed by atoms with E-state index in [9.17, 15) is 29.1 Å². The quantitative estimate of drug-likeness (QED) is 0.298. The number of benzene rings is 2. The average Bonchev–Trinajstić information content (AvgIpc) is 3.56. The van der Waals surface area contributed by atoms with Crippen LogP contribution in [-0.4, -0.2) is 76.2 Å². The smallest absolute Gasteiger partial charge is 0.407 e. The van der Waals surface area contributed by atoms with E-state index in [4.69, 9.17) is 9.84 Å². The number of nitrogens with zero attached hydrogens (tertiary/aromatic N) is 1. The predicted octanol–water partition coefficient (Wildman–Crippen LogP) is 3.37. The Morgan fingerprint density at radius 3 is 2.12 bits per heavy atom. The molecule has 2 aromatic carbocycles. The van der Waals surface area contributed by atoms with E-state index in [1.165, 1.54) is 4.90 Å². The molecule has 4 N–H and O–H groups in total. The van der Waals surface area contributed by atoms with Crippen LogP contribution in [0.2, 0.25) is 0 Å². The predicted molar refractivity (Wildman–Crippen MR) is 153 cm³/mol. The van der Waals surface area contributed by atoms with Crippen molar-refractivity contribution >= 4 is 29.8 Å². The first-order valence-electron chi connectivity index (χ1n) is 14.2. The van der Waals surface area contributed by atoms with Crippen LogP contribution >= 0.6 is 0 Å². The number of alkyl carbamates (subject to hydrolysis) is 1. The summed E-state index contributed by atoms with van der Waals surface area (Å²) in [6.07, 6.45) is -0.292. The van der Waals surface area contributed by atoms with Crippen molar-refractivity contribution in [2.24, 2.45) is 5.92 Å². The van der Waals surface area contributed by atoms with Crippen molar-refractivity contribution in [3.05, 3.63) is 59.7 Å². The molecule has 0 spiro atoms. The van der Waals surface area contributed by atoms with Gasteiger partial charge in [-0.3, -0.25) is 14.4 Å². The standard InChI is InChI=1S/C31H37N3O8/c1-18(2)16-25(29(38)34-15-7-12-26(34)28(37)32-24(30(39)40)13-14-27(35)36)33-31(41)42-17-23-21-10-5-3-8-19(21)20-9-4-6-11-22(20)23/h3-6,8-11,18,23-26H,7,12-17H2,1-2H3,(H,32,37)(H,33,41)(H,35,36)(H,39,40)/t24-,25-,26-/m0/s1. The fourth-order valence-corrected chi connectivity index (χ4v) is 5.77. The van der Waals surface area contributed by atoms with E-state index < -0.39 is 54.4 Å². The maximum Gasteiger partial charge on any atom is 0.407 e. The number of carboxylic acid groups (broad SMARTS) is 2. The lowest BCUT2D eigenvalue weighted by molar-refractivity contribution is -0.145. The summed E-state index contributed by atoms with van der Waals surface area (Å²) < 4.78 is 5.65. The summed E-state index contributed by atoms with van der Waals surface area (Å²) >= 11 is 0. The van der Waals surface area contributed by atoms with E-state index in [0.717, 1.165) is 22.3 Å². The number of rotatable bonds is 12. The molecule has 1 heterocycles. The third kappa shape index (κ3) is 7.07. The first kappa shape index (κ1) is 30.5. The van der Waals surface area contributed by atoms with Crippen molar-refractivity contribution < 1.29 is 38.9 Å². The van der Waals surface area contributed by atoms with E-state index in [1.54, 1.807) is 0 Å². The molecule has 11 heteroatoms. The lowest BCUT2D eigenvalue weighted by atomic mass is 9.98. The summed E-state index contributed by atoms with van der Waals surface area (Å²) in [5, 5.41) is 23.4. The van der Waals surface area contributed by atoms with Crippen molar-refractivity contribution in [2.45, 2.75) is 70.0 Å². The van der Waals surface area contributed by atoms with Crippen LogP contribution in [0.15, 0.2) is 48.5 Å². The number of likely N-dealkylation sites (tertiary alicyclic amines) is 1. The second kappa shape index (κ2) is 13.5. The summed E-state index contributed by atoms with van der Waals surface area (Å²) in [6, 6.07) is 12.7. The van der Waals surface area contributed by atoms with Gasteiger partial charge in [0, 0.05) is 18.9 Å². The Morgan fingerprint density at radius 2 is 1.55 bits per heavy atom. The molecular weight excluding hydrogens is 542 g/mol. The molecule has 11 nitrogen and oxygen atoms in total. The molecular formula is C31H37N3O8. The molecule has 0 radical (unpaired) electrons. The molecule has 2 aromatic rings. The van der Waals surface area contributed by atoms with E-state index in [1.807, 2.05) is 62.4 Å². The third-order valence-corrected chi connectivity index (χ3v) is 7.74. The Bertz CT molecular complexity index is 1300. The SMILES string of the molecule is CC(C)C[C@H](NC(=O)OCC1c2ccccc2-c2ccccc21)C(=O)N1CCC[C@H]1C(=O)N[C@@H](CCC(=O)O)C(=O)O. The molecule has 1 aliphatic heterocycles. The van der Waals surface area contributed by atoms with Crippen molar-refractivity contribution in [1.29, 1.82) is 0 Å². The van der Waals surface area contributed by atoms with Gasteiger partial charge in [0.1, 0.15) is 24.7 Å². The summed E-state index contributed by atoms with van der Waals surface area (Å²) in [5.41, 5.74) is 4.33. The van der Waals surface area contributed by atoms with Gasteiger partial charge in [-0.15, -0.1) is 0 Å². The van der Waals surface area contributed by atoms with Gasteiger partial charge in [0.05, 0.1) is 0 Å². The maximum atomic E-state index is 13.6. The Hall–Kier alpha value is -4.41. The minimum atomic E-state index is -1.39. The Morgan fingerprint density at radius 1 is 0.929 bits per heavy atom. The summed E-state index contributed by atoms with van der Waals surface area (Å²) in [5.74, 6) is -3.75. The number of hydrogen-bond donors (Lipinski definition) is 4. The van der Waals surface area contributed by atoms with Crippen LogP contribution < -0.4 is 10.6 Å². The maximum absolute atomic E-state index is 13.6. The molecule has 3 amide bonds. The van der Waals surface area contributed by atoms with Gasteiger partial charge in [-0.25, -0.2) is 9.59 Å². The normalized spacial score (nSPS) is 17.2. The molecule has 1 fully saturated rings. The number of carboxylic acids is 2. The zero-order valence-corrected chi connectivity index (χ0v) is 23.7. The van der Waals surface area contributed by atoms with E-state index in [-0.39, 0.29) is 31.4 Å². The molecule has 1 saturated heterocycles. The van der Waals surface area contributed by atoms with Crippen LogP contribution in [0, 0.1) is 5.92 Å². The Kier molecular flexibility index (Phi) is 9.82. The first-order chi connectivity index (χ1) is 20.1. The van der Waals surface area contributed by atoms with Gasteiger partial charge >= 0.3 is 18.0 Å². The molecule has 0 bridgehead atoms. The highest BCUT2D eigenvalue weighted by atomic mass is 16.5. The van der Waals surface area contributed by atoms with Crippen molar-refractivity contribution in [1.82, 2.24) is 15.5 Å². The molecule has 224 valence electrons. The summed E-state index contributed by atoms with van der Waals surface area (Å²) in [4.78, 5) is 63.5. The van der Waals surface area contributed by atoms with Crippen LogP contribution in [-0.2, 0) is 23.9 Å². The Balaban J connectivity index is 1.41. The van der Waals surface area contributed by atoms with Gasteiger partial charge in [0.2, 0.25) is 11.8 Å². The van der Waals surface area contributed by atoms with Crippen molar-refractivity contribution in [3.63, 3.8) is 0 Å². The van der Waals surface area contributed by atoms with Gasteiger partial charge in [-0.2, -0.15) is 0 Å². The van der Waals surface area contributed by atoms with Crippen LogP contribution in [0.4, 0.5) is 4.79 Å². The number of aliphatic carboxylic acids is 2. The van der Waals surface area contributed by atoms with Crippen molar-refractivity contribution in [3.8, 4) is 11.1 Å². The minimum absolute atomic E-state index is 0.0372. The van der Waals surface area contributed by atoms with Gasteiger partial charge in [0.25, 0.3) is 0 Å². The number of fused-ring (bicyclic) bond motifs is 3. The first-order valence-corrected chi connectivity index (χ1v) is 14.2. The number of hydrogen-bond acceptors (Lipinski definition) is 6. The zero-order valence-electron chi connectivity index (χ0n) is 23.7. The molecule has 1 aliphatic carbocycles. The van der Waals surface area contributed by atoms with E-state index in [0.29, 0.717) is 19.3 Å². The van der Waals surface area contributed by atoms with Gasteiger partial charge < -0.3 is 30.5 Å². The van der Waals surface area contributed by atoms with E-state index in [2.05, 4.69) is 10.6 Å². The topological polar surface area (TPSA) is 162 Å². The number of carbonyl (C=O) groups excluding carboxylic acids is 3. The molecule has 4 rings (SSSR count). The fourth-order valence-electron chi connectivity index (χ4n) is 5.77. The van der Waals surface area contributed by atoms with Gasteiger partial charge in [0.15, 0.2) is 0 Å². The highest BCUT2D eigenvalue weighted by Gasteiger charge is 2.39. The number of amides is 3. The Labute approximate surface area is 244 Å². The van der Waals surface area contributed by atoms with Gasteiger partial charge in [-0.05, 0) is 53.9 Å². The molecule has 3 atom stereocenters. The minimum Gasteiger partial charge on any atom is -0.481 e. The lowest BCUT2D eigenvalue weighted by Gasteiger charge is -2.30. The second-order valence-electron chi connectivity index (χ2n) is 11.2. The van der Waals surface area contributed by atoms with Crippen LogP contribution in [0.5, 0.6) is 0 Å². The third-order valence-electron chi connectivity index (χ3n) is 7.74. The fraction of sp³-hybridized carbons (Fsp3) is 0.452. The number of nitrogens with one attached hydrogen (secondary N) is 2. The summed E-state index contributed by atoms with van der Waals surface area (Å²) in [6.45, 7) is 4.18. The average molecular weight is 580 g/mol. The largest absolute Gasteiger partial charge is 0.481 e. The number of carbonyl (C=O) groups is 5.